The molecule has 0 aliphatic carbocycles. The molecule has 7 nitrogen and oxygen atoms in total. The van der Waals surface area contributed by atoms with Crippen LogP contribution in [0.5, 0.6) is 0 Å². The molecule has 0 saturated carbocycles. The molecule has 0 saturated heterocycles. The first-order chi connectivity index (χ1) is 15.1. The number of tetrazole rings is 1. The standard InChI is InChI=1S/C24H28N6O/c1-4-7-21-16-28(14-18(2)3)24(31)29(21)15-19-10-12-20(13-11-19)22-8-5-6-9-23(22)30-17-25-26-27-30/h5-6,8-13,16-18H,4,7,14-15H2,1-3H3. The highest BCUT2D eigenvalue weighted by Crippen LogP contribution is 2.26. The minimum Gasteiger partial charge on any atom is -0.299 e. The lowest BCUT2D eigenvalue weighted by Gasteiger charge is -2.11. The van der Waals surface area contributed by atoms with Gasteiger partial charge in [-0.25, -0.2) is 4.79 Å². The van der Waals surface area contributed by atoms with E-state index in [1.807, 2.05) is 33.5 Å². The summed E-state index contributed by atoms with van der Waals surface area (Å²) in [4.78, 5) is 13.0. The van der Waals surface area contributed by atoms with Gasteiger partial charge in [0.15, 0.2) is 0 Å². The Labute approximate surface area is 182 Å². The summed E-state index contributed by atoms with van der Waals surface area (Å²) >= 11 is 0. The average molecular weight is 417 g/mol. The molecular weight excluding hydrogens is 388 g/mol. The van der Waals surface area contributed by atoms with Crippen molar-refractivity contribution in [2.75, 3.05) is 0 Å². The number of rotatable bonds is 8. The largest absolute Gasteiger partial charge is 0.328 e. The van der Waals surface area contributed by atoms with Crippen molar-refractivity contribution in [2.24, 2.45) is 5.92 Å². The molecule has 0 radical (unpaired) electrons. The molecule has 0 aliphatic heterocycles. The first-order valence-corrected chi connectivity index (χ1v) is 10.8. The zero-order chi connectivity index (χ0) is 21.8. The zero-order valence-electron chi connectivity index (χ0n) is 18.3. The summed E-state index contributed by atoms with van der Waals surface area (Å²) in [6.07, 6.45) is 5.54. The maximum atomic E-state index is 13.0. The van der Waals surface area contributed by atoms with Crippen LogP contribution in [0.2, 0.25) is 0 Å². The number of hydrogen-bond acceptors (Lipinski definition) is 4. The van der Waals surface area contributed by atoms with E-state index in [1.165, 1.54) is 0 Å². The fourth-order valence-electron chi connectivity index (χ4n) is 3.89. The van der Waals surface area contributed by atoms with Crippen LogP contribution in [0.1, 0.15) is 38.4 Å². The second-order valence-electron chi connectivity index (χ2n) is 8.25. The number of benzene rings is 2. The van der Waals surface area contributed by atoms with Gasteiger partial charge < -0.3 is 0 Å². The Morgan fingerprint density at radius 1 is 1.03 bits per heavy atom. The molecule has 4 aromatic rings. The molecule has 7 heteroatoms. The van der Waals surface area contributed by atoms with Crippen LogP contribution < -0.4 is 5.69 Å². The first-order valence-electron chi connectivity index (χ1n) is 10.8. The summed E-state index contributed by atoms with van der Waals surface area (Å²) in [6.45, 7) is 7.74. The molecule has 2 aromatic heterocycles. The Morgan fingerprint density at radius 2 is 1.81 bits per heavy atom. The van der Waals surface area contributed by atoms with Crippen molar-refractivity contribution in [1.29, 1.82) is 0 Å². The first kappa shape index (κ1) is 20.8. The van der Waals surface area contributed by atoms with Crippen molar-refractivity contribution >= 4 is 0 Å². The maximum absolute atomic E-state index is 13.0. The Kier molecular flexibility index (Phi) is 6.11. The highest BCUT2D eigenvalue weighted by Gasteiger charge is 2.13. The Hall–Kier alpha value is -3.48. The van der Waals surface area contributed by atoms with Crippen molar-refractivity contribution in [2.45, 2.75) is 46.7 Å². The van der Waals surface area contributed by atoms with Gasteiger partial charge in [-0.1, -0.05) is 69.7 Å². The van der Waals surface area contributed by atoms with Crippen LogP contribution in [0.25, 0.3) is 16.8 Å². The third-order valence-corrected chi connectivity index (χ3v) is 5.30. The molecule has 2 aromatic carbocycles. The molecule has 0 atom stereocenters. The van der Waals surface area contributed by atoms with E-state index < -0.39 is 0 Å². The average Bonchev–Trinajstić information content (AvgIpc) is 3.39. The number of aryl methyl sites for hydroxylation is 1. The molecular formula is C24H28N6O. The molecule has 2 heterocycles. The summed E-state index contributed by atoms with van der Waals surface area (Å²) in [5.74, 6) is 0.433. The lowest BCUT2D eigenvalue weighted by atomic mass is 10.0. The number of aromatic nitrogens is 6. The summed E-state index contributed by atoms with van der Waals surface area (Å²) in [5.41, 5.74) is 5.33. The topological polar surface area (TPSA) is 70.5 Å². The van der Waals surface area contributed by atoms with E-state index >= 15 is 0 Å². The van der Waals surface area contributed by atoms with Gasteiger partial charge in [-0.05, 0) is 40.0 Å². The van der Waals surface area contributed by atoms with Crippen LogP contribution >= 0.6 is 0 Å². The van der Waals surface area contributed by atoms with Crippen LogP contribution in [-0.4, -0.2) is 29.3 Å². The van der Waals surface area contributed by atoms with E-state index in [-0.39, 0.29) is 5.69 Å². The minimum atomic E-state index is 0.0743. The van der Waals surface area contributed by atoms with Crippen molar-refractivity contribution in [3.05, 3.63) is 82.8 Å². The fourth-order valence-corrected chi connectivity index (χ4v) is 3.89. The lowest BCUT2D eigenvalue weighted by molar-refractivity contribution is 0.503. The summed E-state index contributed by atoms with van der Waals surface area (Å²) in [7, 11) is 0. The van der Waals surface area contributed by atoms with E-state index in [4.69, 9.17) is 0 Å². The molecule has 160 valence electrons. The second kappa shape index (κ2) is 9.12. The lowest BCUT2D eigenvalue weighted by Crippen LogP contribution is -2.26. The van der Waals surface area contributed by atoms with E-state index in [9.17, 15) is 4.79 Å². The number of imidazole rings is 1. The van der Waals surface area contributed by atoms with Crippen molar-refractivity contribution in [1.82, 2.24) is 29.3 Å². The molecule has 0 N–H and O–H groups in total. The summed E-state index contributed by atoms with van der Waals surface area (Å²) < 4.78 is 5.43. The highest BCUT2D eigenvalue weighted by atomic mass is 16.1. The van der Waals surface area contributed by atoms with Gasteiger partial charge in [0.1, 0.15) is 6.33 Å². The molecule has 0 bridgehead atoms. The van der Waals surface area contributed by atoms with Gasteiger partial charge in [0.05, 0.1) is 12.2 Å². The molecule has 0 unspecified atom stereocenters. The van der Waals surface area contributed by atoms with Gasteiger partial charge in [-0.15, -0.1) is 5.10 Å². The summed E-state index contributed by atoms with van der Waals surface area (Å²) in [5, 5.41) is 11.5. The van der Waals surface area contributed by atoms with Crippen LogP contribution in [-0.2, 0) is 19.5 Å². The maximum Gasteiger partial charge on any atom is 0.328 e. The zero-order valence-corrected chi connectivity index (χ0v) is 18.3. The molecule has 31 heavy (non-hydrogen) atoms. The molecule has 4 rings (SSSR count). The number of para-hydroxylation sites is 1. The van der Waals surface area contributed by atoms with Crippen LogP contribution in [0.3, 0.4) is 0 Å². The minimum absolute atomic E-state index is 0.0743. The quantitative estimate of drug-likeness (QED) is 0.436. The van der Waals surface area contributed by atoms with Crippen LogP contribution in [0.15, 0.2) is 65.8 Å². The van der Waals surface area contributed by atoms with Gasteiger partial charge in [-0.2, -0.15) is 4.68 Å². The SMILES string of the molecule is CCCc1cn(CC(C)C)c(=O)n1Cc1ccc(-c2ccccc2-n2cnnn2)cc1. The van der Waals surface area contributed by atoms with Crippen molar-refractivity contribution < 1.29 is 0 Å². The monoisotopic (exact) mass is 416 g/mol. The Balaban J connectivity index is 1.62. The van der Waals surface area contributed by atoms with Gasteiger partial charge in [-0.3, -0.25) is 9.13 Å². The van der Waals surface area contributed by atoms with Crippen LogP contribution in [0.4, 0.5) is 0 Å². The predicted octanol–water partition coefficient (Wildman–Crippen LogP) is 3.95. The van der Waals surface area contributed by atoms with Crippen molar-refractivity contribution in [3.8, 4) is 16.8 Å². The highest BCUT2D eigenvalue weighted by molar-refractivity contribution is 5.72. The Morgan fingerprint density at radius 3 is 2.48 bits per heavy atom. The molecule has 0 amide bonds. The van der Waals surface area contributed by atoms with E-state index in [2.05, 4.69) is 66.6 Å². The molecule has 0 spiro atoms. The predicted molar refractivity (Wildman–Crippen MR) is 121 cm³/mol. The van der Waals surface area contributed by atoms with E-state index in [1.54, 1.807) is 11.0 Å². The second-order valence-corrected chi connectivity index (χ2v) is 8.25. The van der Waals surface area contributed by atoms with Gasteiger partial charge in [0.25, 0.3) is 0 Å². The van der Waals surface area contributed by atoms with Gasteiger partial charge in [0.2, 0.25) is 0 Å². The van der Waals surface area contributed by atoms with E-state index in [0.717, 1.165) is 47.5 Å². The normalized spacial score (nSPS) is 11.4. The molecule has 0 aliphatic rings. The van der Waals surface area contributed by atoms with Gasteiger partial charge in [0, 0.05) is 24.0 Å². The molecule has 0 fully saturated rings. The van der Waals surface area contributed by atoms with Crippen LogP contribution in [0, 0.1) is 5.92 Å². The number of hydrogen-bond donors (Lipinski definition) is 0. The number of nitrogens with zero attached hydrogens (tertiary/aromatic N) is 6. The summed E-state index contributed by atoms with van der Waals surface area (Å²) in [6, 6.07) is 16.4. The fraction of sp³-hybridized carbons (Fsp3) is 0.333. The third kappa shape index (κ3) is 4.50. The van der Waals surface area contributed by atoms with Gasteiger partial charge >= 0.3 is 5.69 Å². The Bertz CT molecular complexity index is 1190. The smallest absolute Gasteiger partial charge is 0.299 e. The van der Waals surface area contributed by atoms with E-state index in [0.29, 0.717) is 12.5 Å². The third-order valence-electron chi connectivity index (χ3n) is 5.30. The van der Waals surface area contributed by atoms with Crippen molar-refractivity contribution in [3.63, 3.8) is 0 Å².